The average Bonchev–Trinajstić information content (AvgIpc) is 2.77. The van der Waals surface area contributed by atoms with Gasteiger partial charge in [-0.1, -0.05) is 18.2 Å². The van der Waals surface area contributed by atoms with Gasteiger partial charge in [0.1, 0.15) is 11.6 Å². The van der Waals surface area contributed by atoms with Crippen molar-refractivity contribution in [3.8, 4) is 16.9 Å². The first-order valence-electron chi connectivity index (χ1n) is 5.32. The van der Waals surface area contributed by atoms with E-state index in [-0.39, 0.29) is 0 Å². The molecule has 2 N–H and O–H groups in total. The number of nitrogens with two attached hydrogens (primary N) is 1. The lowest BCUT2D eigenvalue weighted by molar-refractivity contribution is 0.358. The Labute approximate surface area is 93.9 Å². The van der Waals surface area contributed by atoms with E-state index in [2.05, 4.69) is 11.1 Å². The molecule has 0 bridgehead atoms. The molecule has 0 saturated heterocycles. The fraction of sp³-hybridized carbons (Fsp3) is 0.154. The van der Waals surface area contributed by atoms with Crippen LogP contribution >= 0.6 is 0 Å². The Bertz CT molecular complexity index is 537. The van der Waals surface area contributed by atoms with Gasteiger partial charge in [0.2, 0.25) is 0 Å². The van der Waals surface area contributed by atoms with E-state index in [4.69, 9.17) is 10.5 Å². The largest absolute Gasteiger partial charge is 0.492 e. The summed E-state index contributed by atoms with van der Waals surface area (Å²) in [4.78, 5) is 4.10. The average molecular weight is 212 g/mol. The number of anilines is 1. The van der Waals surface area contributed by atoms with E-state index >= 15 is 0 Å². The van der Waals surface area contributed by atoms with Crippen molar-refractivity contribution in [1.82, 2.24) is 4.98 Å². The van der Waals surface area contributed by atoms with Crippen molar-refractivity contribution in [2.24, 2.45) is 0 Å². The Balaban J connectivity index is 2.21. The lowest BCUT2D eigenvalue weighted by Crippen LogP contribution is -1.95. The SMILES string of the molecule is Nc1ncccc1-c1cccc2c1OCC2. The minimum Gasteiger partial charge on any atom is -0.492 e. The summed E-state index contributed by atoms with van der Waals surface area (Å²) in [6.07, 6.45) is 2.67. The summed E-state index contributed by atoms with van der Waals surface area (Å²) >= 11 is 0. The lowest BCUT2D eigenvalue weighted by atomic mass is 10.0. The Morgan fingerprint density at radius 3 is 2.88 bits per heavy atom. The van der Waals surface area contributed by atoms with E-state index in [9.17, 15) is 0 Å². The minimum absolute atomic E-state index is 0.548. The first-order chi connectivity index (χ1) is 7.86. The van der Waals surface area contributed by atoms with Crippen molar-refractivity contribution < 1.29 is 4.74 Å². The predicted octanol–water partition coefficient (Wildman–Crippen LogP) is 2.27. The van der Waals surface area contributed by atoms with Crippen LogP contribution in [0.15, 0.2) is 36.5 Å². The third kappa shape index (κ3) is 1.33. The van der Waals surface area contributed by atoms with Crippen molar-refractivity contribution in [1.29, 1.82) is 0 Å². The van der Waals surface area contributed by atoms with Crippen LogP contribution in [-0.4, -0.2) is 11.6 Å². The summed E-state index contributed by atoms with van der Waals surface area (Å²) in [5, 5.41) is 0. The molecule has 2 heterocycles. The van der Waals surface area contributed by atoms with Gasteiger partial charge in [-0.05, 0) is 17.7 Å². The summed E-state index contributed by atoms with van der Waals surface area (Å²) in [7, 11) is 0. The van der Waals surface area contributed by atoms with Gasteiger partial charge in [-0.15, -0.1) is 0 Å². The summed E-state index contributed by atoms with van der Waals surface area (Å²) < 4.78 is 5.66. The quantitative estimate of drug-likeness (QED) is 0.788. The molecular formula is C13H12N2O. The standard InChI is InChI=1S/C13H12N2O/c14-13-11(5-2-7-15-13)10-4-1-3-9-6-8-16-12(9)10/h1-5,7H,6,8H2,(H2,14,15). The van der Waals surface area contributed by atoms with Crippen molar-refractivity contribution in [2.75, 3.05) is 12.3 Å². The van der Waals surface area contributed by atoms with Crippen LogP contribution in [0.3, 0.4) is 0 Å². The van der Waals surface area contributed by atoms with E-state index in [1.807, 2.05) is 24.3 Å². The molecule has 0 spiro atoms. The zero-order valence-corrected chi connectivity index (χ0v) is 8.81. The zero-order chi connectivity index (χ0) is 11.0. The molecule has 80 valence electrons. The molecule has 16 heavy (non-hydrogen) atoms. The molecule has 0 atom stereocenters. The Morgan fingerprint density at radius 1 is 1.12 bits per heavy atom. The van der Waals surface area contributed by atoms with Gasteiger partial charge in [-0.2, -0.15) is 0 Å². The molecule has 0 saturated carbocycles. The highest BCUT2D eigenvalue weighted by atomic mass is 16.5. The molecule has 1 aromatic heterocycles. The summed E-state index contributed by atoms with van der Waals surface area (Å²) in [5.41, 5.74) is 9.12. The van der Waals surface area contributed by atoms with Crippen LogP contribution in [0, 0.1) is 0 Å². The second-order valence-electron chi connectivity index (χ2n) is 3.83. The molecule has 0 radical (unpaired) electrons. The van der Waals surface area contributed by atoms with Crippen molar-refractivity contribution in [3.05, 3.63) is 42.1 Å². The molecule has 0 fully saturated rings. The predicted molar refractivity (Wildman–Crippen MR) is 63.3 cm³/mol. The van der Waals surface area contributed by atoms with Crippen LogP contribution in [0.25, 0.3) is 11.1 Å². The highest BCUT2D eigenvalue weighted by molar-refractivity contribution is 5.79. The van der Waals surface area contributed by atoms with Crippen LogP contribution in [0.5, 0.6) is 5.75 Å². The first-order valence-corrected chi connectivity index (χ1v) is 5.32. The number of hydrogen-bond acceptors (Lipinski definition) is 3. The van der Waals surface area contributed by atoms with E-state index in [1.165, 1.54) is 5.56 Å². The third-order valence-corrected chi connectivity index (χ3v) is 2.84. The molecule has 1 aromatic carbocycles. The number of hydrogen-bond donors (Lipinski definition) is 1. The van der Waals surface area contributed by atoms with E-state index < -0.39 is 0 Å². The maximum absolute atomic E-state index is 5.88. The highest BCUT2D eigenvalue weighted by Crippen LogP contribution is 2.38. The van der Waals surface area contributed by atoms with Crippen LogP contribution in [0.4, 0.5) is 5.82 Å². The Kier molecular flexibility index (Phi) is 2.03. The molecular weight excluding hydrogens is 200 g/mol. The molecule has 1 aliphatic rings. The minimum atomic E-state index is 0.548. The summed E-state index contributed by atoms with van der Waals surface area (Å²) in [6.45, 7) is 0.756. The van der Waals surface area contributed by atoms with Gasteiger partial charge in [-0.3, -0.25) is 0 Å². The Morgan fingerprint density at radius 2 is 2.00 bits per heavy atom. The number of pyridine rings is 1. The summed E-state index contributed by atoms with van der Waals surface area (Å²) in [6, 6.07) is 10.0. The molecule has 1 aliphatic heterocycles. The van der Waals surface area contributed by atoms with Crippen LogP contribution in [-0.2, 0) is 6.42 Å². The zero-order valence-electron chi connectivity index (χ0n) is 8.81. The Hall–Kier alpha value is -2.03. The monoisotopic (exact) mass is 212 g/mol. The van der Waals surface area contributed by atoms with Gasteiger partial charge in [0.15, 0.2) is 0 Å². The number of nitrogens with zero attached hydrogens (tertiary/aromatic N) is 1. The number of ether oxygens (including phenoxy) is 1. The molecule has 3 rings (SSSR count). The van der Waals surface area contributed by atoms with Gasteiger partial charge < -0.3 is 10.5 Å². The number of aromatic nitrogens is 1. The van der Waals surface area contributed by atoms with Gasteiger partial charge in [0.25, 0.3) is 0 Å². The number of rotatable bonds is 1. The maximum Gasteiger partial charge on any atom is 0.131 e. The van der Waals surface area contributed by atoms with Crippen molar-refractivity contribution in [3.63, 3.8) is 0 Å². The van der Waals surface area contributed by atoms with Gasteiger partial charge in [-0.25, -0.2) is 4.98 Å². The van der Waals surface area contributed by atoms with Gasteiger partial charge >= 0.3 is 0 Å². The highest BCUT2D eigenvalue weighted by Gasteiger charge is 2.17. The third-order valence-electron chi connectivity index (χ3n) is 2.84. The molecule has 0 unspecified atom stereocenters. The van der Waals surface area contributed by atoms with Crippen LogP contribution in [0.1, 0.15) is 5.56 Å². The number of nitrogen functional groups attached to an aromatic ring is 1. The van der Waals surface area contributed by atoms with Crippen molar-refractivity contribution >= 4 is 5.82 Å². The molecule has 0 aliphatic carbocycles. The van der Waals surface area contributed by atoms with Crippen LogP contribution in [0.2, 0.25) is 0 Å². The molecule has 0 amide bonds. The van der Waals surface area contributed by atoms with Crippen molar-refractivity contribution in [2.45, 2.75) is 6.42 Å². The van der Waals surface area contributed by atoms with E-state index in [0.717, 1.165) is 29.9 Å². The topological polar surface area (TPSA) is 48.1 Å². The number of para-hydroxylation sites is 1. The molecule has 3 heteroatoms. The second kappa shape index (κ2) is 3.52. The second-order valence-corrected chi connectivity index (χ2v) is 3.83. The van der Waals surface area contributed by atoms with Gasteiger partial charge in [0.05, 0.1) is 6.61 Å². The molecule has 2 aromatic rings. The summed E-state index contributed by atoms with van der Waals surface area (Å²) in [5.74, 6) is 1.51. The number of fused-ring (bicyclic) bond motifs is 1. The van der Waals surface area contributed by atoms with E-state index in [1.54, 1.807) is 6.20 Å². The lowest BCUT2D eigenvalue weighted by Gasteiger charge is -2.09. The fourth-order valence-electron chi connectivity index (χ4n) is 2.07. The molecule has 3 nitrogen and oxygen atoms in total. The van der Waals surface area contributed by atoms with E-state index in [0.29, 0.717) is 5.82 Å². The maximum atomic E-state index is 5.88. The van der Waals surface area contributed by atoms with Gasteiger partial charge in [0, 0.05) is 23.7 Å². The normalized spacial score (nSPS) is 13.2. The van der Waals surface area contributed by atoms with Crippen LogP contribution < -0.4 is 10.5 Å². The fourth-order valence-corrected chi connectivity index (χ4v) is 2.07. The smallest absolute Gasteiger partial charge is 0.131 e. The number of benzene rings is 1. The first kappa shape index (κ1) is 9.21.